The molecule has 0 aromatic heterocycles. The highest BCUT2D eigenvalue weighted by atomic mass is 32.2. The first-order valence-electron chi connectivity index (χ1n) is 6.13. The average molecular weight is 284 g/mol. The molecule has 1 amide bonds. The van der Waals surface area contributed by atoms with Crippen LogP contribution in [0.15, 0.2) is 18.2 Å². The molecule has 0 bridgehead atoms. The lowest BCUT2D eigenvalue weighted by Gasteiger charge is -2.22. The summed E-state index contributed by atoms with van der Waals surface area (Å²) in [5.41, 5.74) is 0.160. The Labute approximate surface area is 116 Å². The fourth-order valence-corrected chi connectivity index (χ4v) is 2.85. The Kier molecular flexibility index (Phi) is 5.04. The number of benzene rings is 1. The van der Waals surface area contributed by atoms with E-state index in [0.717, 1.165) is 18.1 Å². The molecule has 0 spiro atoms. The summed E-state index contributed by atoms with van der Waals surface area (Å²) >= 11 is 1.82. The maximum atomic E-state index is 13.6. The Balaban J connectivity index is 1.94. The smallest absolute Gasteiger partial charge is 0.226 e. The number of rotatable bonds is 4. The largest absolute Gasteiger partial charge is 0.497 e. The third-order valence-corrected chi connectivity index (χ3v) is 4.01. The average Bonchev–Trinajstić information content (AvgIpc) is 2.42. The van der Waals surface area contributed by atoms with Crippen LogP contribution in [0, 0.1) is 5.82 Å². The van der Waals surface area contributed by atoms with Gasteiger partial charge in [0.15, 0.2) is 0 Å². The normalized spacial score (nSPS) is 18.9. The molecule has 104 valence electrons. The van der Waals surface area contributed by atoms with Crippen LogP contribution in [0.2, 0.25) is 0 Å². The highest BCUT2D eigenvalue weighted by molar-refractivity contribution is 7.99. The second-order valence-corrected chi connectivity index (χ2v) is 5.47. The number of amides is 1. The van der Waals surface area contributed by atoms with Crippen molar-refractivity contribution in [1.82, 2.24) is 5.32 Å². The van der Waals surface area contributed by atoms with Gasteiger partial charge in [-0.25, -0.2) is 4.39 Å². The number of anilines is 1. The molecule has 0 aliphatic carbocycles. The summed E-state index contributed by atoms with van der Waals surface area (Å²) in [6.45, 7) is 0.913. The number of hydrogen-bond donors (Lipinski definition) is 2. The summed E-state index contributed by atoms with van der Waals surface area (Å²) in [6, 6.07) is 4.44. The molecule has 1 heterocycles. The lowest BCUT2D eigenvalue weighted by atomic mass is 10.2. The second-order valence-electron chi connectivity index (χ2n) is 4.32. The van der Waals surface area contributed by atoms with Gasteiger partial charge in [0, 0.05) is 36.6 Å². The Hall–Kier alpha value is -1.27. The standard InChI is InChI=1S/C13H17FN2O2S/c1-18-10-2-3-11(14)12(7-10)16-13(17)6-9-8-19-5-4-15-9/h2-3,7,9,15H,4-6,8H2,1H3,(H,16,17). The minimum absolute atomic E-state index is 0.160. The van der Waals surface area contributed by atoms with E-state index in [-0.39, 0.29) is 17.6 Å². The van der Waals surface area contributed by atoms with Crippen molar-refractivity contribution >= 4 is 23.4 Å². The van der Waals surface area contributed by atoms with Crippen molar-refractivity contribution in [2.24, 2.45) is 0 Å². The van der Waals surface area contributed by atoms with Gasteiger partial charge in [0.05, 0.1) is 12.8 Å². The molecule has 0 saturated carbocycles. The number of carbonyl (C=O) groups excluding carboxylic acids is 1. The molecule has 1 aliphatic heterocycles. The fraction of sp³-hybridized carbons (Fsp3) is 0.462. The third kappa shape index (κ3) is 4.11. The van der Waals surface area contributed by atoms with Gasteiger partial charge in [0.2, 0.25) is 5.91 Å². The topological polar surface area (TPSA) is 50.4 Å². The molecular weight excluding hydrogens is 267 g/mol. The molecule has 4 nitrogen and oxygen atoms in total. The van der Waals surface area contributed by atoms with Gasteiger partial charge in [-0.15, -0.1) is 0 Å². The first kappa shape index (κ1) is 14.1. The van der Waals surface area contributed by atoms with Crippen LogP contribution in [0.5, 0.6) is 5.75 Å². The number of ether oxygens (including phenoxy) is 1. The molecule has 1 unspecified atom stereocenters. The molecule has 1 aromatic rings. The first-order valence-corrected chi connectivity index (χ1v) is 7.29. The van der Waals surface area contributed by atoms with Crippen LogP contribution in [0.1, 0.15) is 6.42 Å². The van der Waals surface area contributed by atoms with Crippen molar-refractivity contribution in [1.29, 1.82) is 0 Å². The summed E-state index contributed by atoms with van der Waals surface area (Å²) in [5, 5.41) is 5.86. The van der Waals surface area contributed by atoms with Crippen molar-refractivity contribution < 1.29 is 13.9 Å². The molecule has 1 aliphatic rings. The van der Waals surface area contributed by atoms with E-state index in [1.54, 1.807) is 0 Å². The van der Waals surface area contributed by atoms with E-state index in [4.69, 9.17) is 4.74 Å². The van der Waals surface area contributed by atoms with Gasteiger partial charge >= 0.3 is 0 Å². The fourth-order valence-electron chi connectivity index (χ4n) is 1.90. The first-order chi connectivity index (χ1) is 9.19. The number of nitrogens with one attached hydrogen (secondary N) is 2. The highest BCUT2D eigenvalue weighted by Gasteiger charge is 2.17. The summed E-state index contributed by atoms with van der Waals surface area (Å²) in [6.07, 6.45) is 0.351. The molecule has 1 aromatic carbocycles. The van der Waals surface area contributed by atoms with Gasteiger partial charge in [-0.1, -0.05) is 0 Å². The molecule has 6 heteroatoms. The van der Waals surface area contributed by atoms with E-state index in [2.05, 4.69) is 10.6 Å². The van der Waals surface area contributed by atoms with E-state index in [1.807, 2.05) is 11.8 Å². The zero-order chi connectivity index (χ0) is 13.7. The Morgan fingerprint density at radius 1 is 1.63 bits per heavy atom. The number of hydrogen-bond acceptors (Lipinski definition) is 4. The third-order valence-electron chi connectivity index (χ3n) is 2.88. The minimum atomic E-state index is -0.458. The van der Waals surface area contributed by atoms with E-state index >= 15 is 0 Å². The van der Waals surface area contributed by atoms with Gasteiger partial charge in [0.25, 0.3) is 0 Å². The van der Waals surface area contributed by atoms with E-state index in [9.17, 15) is 9.18 Å². The van der Waals surface area contributed by atoms with Crippen molar-refractivity contribution in [3.63, 3.8) is 0 Å². The molecule has 1 saturated heterocycles. The predicted molar refractivity (Wildman–Crippen MR) is 75.3 cm³/mol. The van der Waals surface area contributed by atoms with Crippen LogP contribution in [0.25, 0.3) is 0 Å². The van der Waals surface area contributed by atoms with Gasteiger partial charge in [-0.2, -0.15) is 11.8 Å². The van der Waals surface area contributed by atoms with Crippen LogP contribution in [-0.2, 0) is 4.79 Å². The van der Waals surface area contributed by atoms with E-state index in [1.165, 1.54) is 25.3 Å². The maximum absolute atomic E-state index is 13.6. The van der Waals surface area contributed by atoms with Crippen LogP contribution in [-0.4, -0.2) is 37.1 Å². The number of halogens is 1. The Morgan fingerprint density at radius 3 is 3.16 bits per heavy atom. The summed E-state index contributed by atoms with van der Waals surface area (Å²) in [5.74, 6) is 1.85. The van der Waals surface area contributed by atoms with Crippen molar-refractivity contribution in [3.8, 4) is 5.75 Å². The van der Waals surface area contributed by atoms with Crippen LogP contribution in [0.3, 0.4) is 0 Å². The molecule has 2 N–H and O–H groups in total. The minimum Gasteiger partial charge on any atom is -0.497 e. The summed E-state index contributed by atoms with van der Waals surface area (Å²) in [4.78, 5) is 11.9. The van der Waals surface area contributed by atoms with Gasteiger partial charge in [-0.3, -0.25) is 4.79 Å². The second kappa shape index (κ2) is 6.77. The van der Waals surface area contributed by atoms with Gasteiger partial charge in [-0.05, 0) is 12.1 Å². The lowest BCUT2D eigenvalue weighted by Crippen LogP contribution is -2.39. The molecule has 1 atom stereocenters. The summed E-state index contributed by atoms with van der Waals surface area (Å²) in [7, 11) is 1.50. The van der Waals surface area contributed by atoms with E-state index < -0.39 is 5.82 Å². The quantitative estimate of drug-likeness (QED) is 0.886. The molecule has 19 heavy (non-hydrogen) atoms. The van der Waals surface area contributed by atoms with E-state index in [0.29, 0.717) is 12.2 Å². The molecular formula is C13H17FN2O2S. The maximum Gasteiger partial charge on any atom is 0.226 e. The van der Waals surface area contributed by atoms with Crippen LogP contribution >= 0.6 is 11.8 Å². The number of methoxy groups -OCH3 is 1. The van der Waals surface area contributed by atoms with Crippen LogP contribution < -0.4 is 15.4 Å². The molecule has 0 radical (unpaired) electrons. The van der Waals surface area contributed by atoms with Gasteiger partial charge < -0.3 is 15.4 Å². The van der Waals surface area contributed by atoms with Gasteiger partial charge in [0.1, 0.15) is 11.6 Å². The molecule has 2 rings (SSSR count). The Bertz CT molecular complexity index is 450. The van der Waals surface area contributed by atoms with Crippen LogP contribution in [0.4, 0.5) is 10.1 Å². The monoisotopic (exact) mass is 284 g/mol. The number of thioether (sulfide) groups is 1. The lowest BCUT2D eigenvalue weighted by molar-refractivity contribution is -0.116. The zero-order valence-electron chi connectivity index (χ0n) is 10.7. The SMILES string of the molecule is COc1ccc(F)c(NC(=O)CC2CSCCN2)c1. The van der Waals surface area contributed by atoms with Crippen molar-refractivity contribution in [2.45, 2.75) is 12.5 Å². The zero-order valence-corrected chi connectivity index (χ0v) is 11.6. The molecule has 1 fully saturated rings. The number of carbonyl (C=O) groups is 1. The van der Waals surface area contributed by atoms with Crippen molar-refractivity contribution in [3.05, 3.63) is 24.0 Å². The highest BCUT2D eigenvalue weighted by Crippen LogP contribution is 2.21. The Morgan fingerprint density at radius 2 is 2.47 bits per heavy atom. The van der Waals surface area contributed by atoms with Crippen molar-refractivity contribution in [2.75, 3.05) is 30.5 Å². The summed E-state index contributed by atoms with van der Waals surface area (Å²) < 4.78 is 18.6. The predicted octanol–water partition coefficient (Wildman–Crippen LogP) is 1.87.